The summed E-state index contributed by atoms with van der Waals surface area (Å²) in [5.41, 5.74) is 16.7. The second kappa shape index (κ2) is 30.9. The average Bonchev–Trinajstić information content (AvgIpc) is 0.997. The van der Waals surface area contributed by atoms with E-state index in [1.54, 1.807) is 12.1 Å². The molecule has 16 rings (SSSR count). The number of alkyl halides is 4. The number of carbonyl (C=O) groups is 2. The molecule has 4 saturated heterocycles. The van der Waals surface area contributed by atoms with Crippen LogP contribution < -0.4 is 31.1 Å². The monoisotopic (exact) mass is 1380 g/mol. The number of carbonyl (C=O) groups excluding carboxylic acids is 1. The minimum absolute atomic E-state index is 0.0466. The van der Waals surface area contributed by atoms with Crippen LogP contribution in [0.15, 0.2) is 102 Å². The van der Waals surface area contributed by atoms with Crippen LogP contribution in [0.5, 0.6) is 0 Å². The number of nitrogens with one attached hydrogen (secondary N) is 2. The number of nitrogens with two attached hydrogens (primary N) is 1. The molecule has 8 heterocycles. The van der Waals surface area contributed by atoms with Crippen LogP contribution in [0.2, 0.25) is 0 Å². The predicted octanol–water partition coefficient (Wildman–Crippen LogP) is 10.5. The Labute approximate surface area is 570 Å². The van der Waals surface area contributed by atoms with Crippen molar-refractivity contribution >= 4 is 52.6 Å². The molecule has 2 aromatic heterocycles. The summed E-state index contributed by atoms with van der Waals surface area (Å²) in [5.74, 6) is 0.941. The van der Waals surface area contributed by atoms with Gasteiger partial charge in [0.15, 0.2) is 5.69 Å². The van der Waals surface area contributed by atoms with Crippen molar-refractivity contribution in [2.75, 3.05) is 94.2 Å². The summed E-state index contributed by atoms with van der Waals surface area (Å²) < 4.78 is 63.7. The van der Waals surface area contributed by atoms with Crippen LogP contribution in [0.25, 0.3) is 0 Å². The molecule has 1 amide bonds. The molecule has 1 radical (unpaired) electrons. The summed E-state index contributed by atoms with van der Waals surface area (Å²) in [6, 6.07) is 35.7. The Morgan fingerprint density at radius 1 is 0.583 bits per heavy atom. The van der Waals surface area contributed by atoms with E-state index >= 15 is 0 Å². The number of fused-ring (bicyclic) bond motifs is 2. The van der Waals surface area contributed by atoms with Crippen molar-refractivity contribution in [1.82, 2.24) is 39.5 Å². The SMILES string of the molecule is CCc1nc2n(c1C(=O)NCc1ccc(N3CC4(CC(F)C4)C3)cc1)CCN(C)C2.CCc1nc2n(c1C(=O)O)CCN(C)C2.FC1CC2(CNC2)C1.N#Cc1ccc(Br)cc1.N#Cc1ccc(N2CC3(CC(F)C3)C2)cc1.NCc1ccc(N2CC3(CC(F)C3)C2)cc1.[B]=O. The van der Waals surface area contributed by atoms with E-state index in [1.165, 1.54) is 11.4 Å². The van der Waals surface area contributed by atoms with E-state index in [0.717, 1.165) is 194 Å². The number of amides is 1. The van der Waals surface area contributed by atoms with Gasteiger partial charge in [-0.3, -0.25) is 14.6 Å². The fourth-order valence-electron chi connectivity index (χ4n) is 15.1. The number of likely N-dealkylation sites (N-methyl/N-ethyl adjacent to an activating group) is 2. The number of rotatable bonds is 10. The number of aromatic nitrogens is 4. The van der Waals surface area contributed by atoms with Crippen molar-refractivity contribution in [3.63, 3.8) is 0 Å². The van der Waals surface area contributed by atoms with Gasteiger partial charge in [0.1, 0.15) is 42.0 Å². The zero-order valence-corrected chi connectivity index (χ0v) is 57.2. The molecule has 4 saturated carbocycles. The zero-order chi connectivity index (χ0) is 68.5. The van der Waals surface area contributed by atoms with Crippen molar-refractivity contribution in [3.8, 4) is 12.1 Å². The fourth-order valence-corrected chi connectivity index (χ4v) is 15.4. The number of hydrogen-bond donors (Lipinski definition) is 4. The molecule has 4 aliphatic carbocycles. The molecule has 6 aliphatic heterocycles. The topological polar surface area (TPSA) is 221 Å². The van der Waals surface area contributed by atoms with E-state index in [0.29, 0.717) is 52.9 Å². The van der Waals surface area contributed by atoms with Crippen molar-refractivity contribution in [1.29, 1.82) is 10.5 Å². The molecule has 6 aromatic rings. The number of nitrogens with zero attached hydrogens (tertiary/aromatic N) is 11. The first-order valence-corrected chi connectivity index (χ1v) is 34.3. The molecule has 509 valence electrons. The Bertz CT molecular complexity index is 3680. The third-order valence-corrected chi connectivity index (χ3v) is 21.1. The number of imidazole rings is 2. The van der Waals surface area contributed by atoms with Gasteiger partial charge in [0.25, 0.3) is 5.91 Å². The standard InChI is InChI=1S/C23H30FN5O.C13H17FN2.C13H13FN2.C10H15N3O2.C7H4BrN.C6H10FN.BO/c1-3-19-21(29-9-8-27(2)13-20(29)26-19)22(30)25-12-16-4-6-18(7-5-16)28-14-23(15-28)10-17(24)11-23;2*14-11-5-13(6-11)8-16(9-13)12-3-1-10(7-15)2-4-12;1-3-7-9(10(14)15)13-5-4-12(2)6-8(13)11-7;8-7-3-1-6(5-9)2-4-7;7-5-1-6(2-5)3-8-4-6;1-2/h4-7,17H,3,8-15H2,1-2H3,(H,25,30);1-4,11H,5-9,15H2;1-4,11H,5-6,8-9H2;3-6H2,1-2H3,(H,14,15);1-4H;5,8H,1-4H2;. The van der Waals surface area contributed by atoms with E-state index in [9.17, 15) is 27.2 Å². The van der Waals surface area contributed by atoms with E-state index < -0.39 is 30.7 Å². The number of halogens is 5. The summed E-state index contributed by atoms with van der Waals surface area (Å²) in [7, 11) is 7.35. The van der Waals surface area contributed by atoms with Crippen molar-refractivity contribution in [3.05, 3.63) is 158 Å². The third-order valence-electron chi connectivity index (χ3n) is 20.6. The van der Waals surface area contributed by atoms with Gasteiger partial charge >= 0.3 is 18.4 Å². The molecule has 0 unspecified atom stereocenters. The Morgan fingerprint density at radius 3 is 1.27 bits per heavy atom. The van der Waals surface area contributed by atoms with Gasteiger partial charge in [-0.25, -0.2) is 32.3 Å². The molecule has 0 atom stereocenters. The summed E-state index contributed by atoms with van der Waals surface area (Å²) in [5, 5.41) is 32.4. The number of aromatic carboxylic acids is 1. The van der Waals surface area contributed by atoms with Crippen LogP contribution in [-0.2, 0) is 56.8 Å². The Morgan fingerprint density at radius 2 is 0.938 bits per heavy atom. The fraction of sp³-hybridized carbons (Fsp3) is 0.528. The number of hydrogen-bond acceptors (Lipinski definition) is 14. The third kappa shape index (κ3) is 16.6. The van der Waals surface area contributed by atoms with Crippen molar-refractivity contribution < 1.29 is 37.0 Å². The average molecular weight is 1380 g/mol. The normalized spacial score (nSPS) is 20.8. The molecular weight excluding hydrogens is 1290 g/mol. The predicted molar refractivity (Wildman–Crippen MR) is 367 cm³/mol. The maximum atomic E-state index is 13.2. The number of nitriles is 2. The van der Waals surface area contributed by atoms with Crippen LogP contribution >= 0.6 is 15.9 Å². The Balaban J connectivity index is 0.000000132. The van der Waals surface area contributed by atoms with E-state index in [4.69, 9.17) is 31.1 Å². The van der Waals surface area contributed by atoms with Crippen LogP contribution in [0.1, 0.15) is 131 Å². The summed E-state index contributed by atoms with van der Waals surface area (Å²) >= 11 is 3.27. The summed E-state index contributed by atoms with van der Waals surface area (Å²) in [6.07, 6.45) is 5.35. The zero-order valence-electron chi connectivity index (χ0n) is 55.6. The van der Waals surface area contributed by atoms with Crippen LogP contribution in [0.4, 0.5) is 34.6 Å². The Kier molecular flexibility index (Phi) is 23.0. The first-order chi connectivity index (χ1) is 46.1. The van der Waals surface area contributed by atoms with Gasteiger partial charge in [0, 0.05) is 135 Å². The number of carboxylic acids is 1. The second-order valence-corrected chi connectivity index (χ2v) is 29.0. The molecule has 4 spiro atoms. The maximum absolute atomic E-state index is 13.2. The molecular formula is C72H89BBrF4N14O4. The van der Waals surface area contributed by atoms with Crippen molar-refractivity contribution in [2.45, 2.75) is 142 Å². The number of anilines is 3. The molecule has 18 nitrogen and oxygen atoms in total. The molecule has 0 bridgehead atoms. The van der Waals surface area contributed by atoms with Gasteiger partial charge in [-0.1, -0.05) is 54.0 Å². The number of carboxylic acid groups (broad SMARTS) is 1. The Hall–Kier alpha value is -7.48. The molecule has 8 fully saturated rings. The first-order valence-electron chi connectivity index (χ1n) is 33.5. The van der Waals surface area contributed by atoms with Crippen LogP contribution in [0.3, 0.4) is 0 Å². The van der Waals surface area contributed by atoms with E-state index in [-0.39, 0.29) is 16.7 Å². The number of aryl methyl sites for hydroxylation is 2. The molecule has 4 aromatic carbocycles. The minimum atomic E-state index is -0.866. The van der Waals surface area contributed by atoms with E-state index in [1.807, 2.05) is 67.9 Å². The molecule has 24 heteroatoms. The van der Waals surface area contributed by atoms with E-state index in [2.05, 4.69) is 130 Å². The van der Waals surface area contributed by atoms with Gasteiger partial charge in [0.2, 0.25) is 0 Å². The van der Waals surface area contributed by atoms with Gasteiger partial charge in [-0.15, -0.1) is 0 Å². The summed E-state index contributed by atoms with van der Waals surface area (Å²) in [6.45, 7) is 18.0. The second-order valence-electron chi connectivity index (χ2n) is 28.1. The molecule has 10 aliphatic rings. The van der Waals surface area contributed by atoms with Crippen molar-refractivity contribution in [2.24, 2.45) is 27.4 Å². The first kappa shape index (κ1) is 71.3. The van der Waals surface area contributed by atoms with Gasteiger partial charge in [-0.05, 0) is 162 Å². The van der Waals surface area contributed by atoms with Gasteiger partial charge in [-0.2, -0.15) is 10.5 Å². The number of benzene rings is 4. The van der Waals surface area contributed by atoms with Gasteiger partial charge < -0.3 is 45.3 Å². The molecule has 96 heavy (non-hydrogen) atoms. The quantitative estimate of drug-likeness (QED) is 0.0740. The van der Waals surface area contributed by atoms with Gasteiger partial charge in [0.05, 0.1) is 47.7 Å². The molecule has 5 N–H and O–H groups in total. The summed E-state index contributed by atoms with van der Waals surface area (Å²) in [4.78, 5) is 44.4. The van der Waals surface area contributed by atoms with Crippen LogP contribution in [-0.4, -0.2) is 158 Å². The van der Waals surface area contributed by atoms with Crippen LogP contribution in [0, 0.1) is 44.3 Å².